The average Bonchev–Trinajstić information content (AvgIpc) is 2.48. The molecule has 3 aromatic rings. The molecule has 0 unspecified atom stereocenters. The van der Waals surface area contributed by atoms with Crippen molar-refractivity contribution >= 4 is 22.4 Å². The van der Waals surface area contributed by atoms with E-state index >= 15 is 0 Å². The summed E-state index contributed by atoms with van der Waals surface area (Å²) >= 11 is 0. The van der Waals surface area contributed by atoms with Crippen molar-refractivity contribution in [1.29, 1.82) is 0 Å². The largest absolute Gasteiger partial charge is 0.478 e. The van der Waals surface area contributed by atoms with E-state index in [2.05, 4.69) is 4.98 Å². The Kier molecular flexibility index (Phi) is 2.84. The predicted molar refractivity (Wildman–Crippen MR) is 78.6 cm³/mol. The van der Waals surface area contributed by atoms with Gasteiger partial charge in [-0.3, -0.25) is 4.98 Å². The molecule has 3 N–H and O–H groups in total. The van der Waals surface area contributed by atoms with E-state index in [1.165, 1.54) is 0 Å². The summed E-state index contributed by atoms with van der Waals surface area (Å²) in [5.74, 6) is -0.937. The van der Waals surface area contributed by atoms with Crippen molar-refractivity contribution in [1.82, 2.24) is 4.98 Å². The fourth-order valence-electron chi connectivity index (χ4n) is 2.28. The minimum atomic E-state index is -0.937. The van der Waals surface area contributed by atoms with E-state index in [0.29, 0.717) is 5.69 Å². The molecule has 0 spiro atoms. The van der Waals surface area contributed by atoms with Crippen molar-refractivity contribution in [3.8, 4) is 11.1 Å². The highest BCUT2D eigenvalue weighted by Gasteiger charge is 2.09. The van der Waals surface area contributed by atoms with Crippen molar-refractivity contribution in [2.45, 2.75) is 0 Å². The summed E-state index contributed by atoms with van der Waals surface area (Å²) in [4.78, 5) is 15.2. The molecule has 2 aromatic carbocycles. The molecule has 4 heteroatoms. The first kappa shape index (κ1) is 12.2. The molecule has 98 valence electrons. The molecule has 1 heterocycles. The fraction of sp³-hybridized carbons (Fsp3) is 0. The molecule has 0 bridgehead atoms. The summed E-state index contributed by atoms with van der Waals surface area (Å²) in [7, 11) is 0. The number of rotatable bonds is 2. The van der Waals surface area contributed by atoms with Crippen molar-refractivity contribution in [3.05, 3.63) is 60.4 Å². The number of nitrogens with zero attached hydrogens (tertiary/aromatic N) is 1. The maximum Gasteiger partial charge on any atom is 0.335 e. The average molecular weight is 264 g/mol. The van der Waals surface area contributed by atoms with Crippen LogP contribution in [0.25, 0.3) is 21.9 Å². The summed E-state index contributed by atoms with van der Waals surface area (Å²) < 4.78 is 0. The first-order chi connectivity index (χ1) is 9.66. The summed E-state index contributed by atoms with van der Waals surface area (Å²) in [6.07, 6.45) is 3.42. The fourth-order valence-corrected chi connectivity index (χ4v) is 2.28. The number of aromatic carboxylic acids is 1. The standard InChI is InChI=1S/C16H12N2O2/c17-15-5-4-12(13-6-7-18-9-14(13)15)10-2-1-3-11(8-10)16(19)20/h1-9H,17H2,(H,19,20). The van der Waals surface area contributed by atoms with Gasteiger partial charge in [-0.25, -0.2) is 4.79 Å². The maximum absolute atomic E-state index is 11.1. The van der Waals surface area contributed by atoms with E-state index in [1.807, 2.05) is 24.3 Å². The number of pyridine rings is 1. The minimum absolute atomic E-state index is 0.265. The molecule has 0 amide bonds. The molecule has 3 rings (SSSR count). The van der Waals surface area contributed by atoms with Gasteiger partial charge in [0.1, 0.15) is 0 Å². The third kappa shape index (κ3) is 1.97. The van der Waals surface area contributed by atoms with Gasteiger partial charge in [0.2, 0.25) is 0 Å². The zero-order valence-electron chi connectivity index (χ0n) is 10.6. The number of carboxylic acid groups (broad SMARTS) is 1. The molecule has 0 aliphatic carbocycles. The van der Waals surface area contributed by atoms with Crippen LogP contribution in [-0.2, 0) is 0 Å². The monoisotopic (exact) mass is 264 g/mol. The Balaban J connectivity index is 2.27. The van der Waals surface area contributed by atoms with Gasteiger partial charge in [0, 0.05) is 23.5 Å². The zero-order chi connectivity index (χ0) is 14.1. The first-order valence-electron chi connectivity index (χ1n) is 6.13. The van der Waals surface area contributed by atoms with Gasteiger partial charge in [-0.2, -0.15) is 0 Å². The number of hydrogen-bond acceptors (Lipinski definition) is 3. The lowest BCUT2D eigenvalue weighted by Gasteiger charge is -2.09. The van der Waals surface area contributed by atoms with E-state index in [0.717, 1.165) is 21.9 Å². The van der Waals surface area contributed by atoms with Gasteiger partial charge < -0.3 is 10.8 Å². The molecular weight excluding hydrogens is 252 g/mol. The molecule has 20 heavy (non-hydrogen) atoms. The Morgan fingerprint density at radius 1 is 1.10 bits per heavy atom. The summed E-state index contributed by atoms with van der Waals surface area (Å²) in [5.41, 5.74) is 8.66. The van der Waals surface area contributed by atoms with Crippen LogP contribution in [-0.4, -0.2) is 16.1 Å². The molecule has 4 nitrogen and oxygen atoms in total. The summed E-state index contributed by atoms with van der Waals surface area (Å²) in [6.45, 7) is 0. The highest BCUT2D eigenvalue weighted by atomic mass is 16.4. The minimum Gasteiger partial charge on any atom is -0.478 e. The number of anilines is 1. The van der Waals surface area contributed by atoms with Gasteiger partial charge in [-0.15, -0.1) is 0 Å². The first-order valence-corrected chi connectivity index (χ1v) is 6.13. The van der Waals surface area contributed by atoms with Crippen molar-refractivity contribution in [3.63, 3.8) is 0 Å². The van der Waals surface area contributed by atoms with Crippen LogP contribution in [0.5, 0.6) is 0 Å². The van der Waals surface area contributed by atoms with Gasteiger partial charge in [-0.05, 0) is 40.8 Å². The molecule has 0 radical (unpaired) electrons. The van der Waals surface area contributed by atoms with Crippen molar-refractivity contribution < 1.29 is 9.90 Å². The summed E-state index contributed by atoms with van der Waals surface area (Å²) in [5, 5.41) is 10.9. The van der Waals surface area contributed by atoms with Gasteiger partial charge >= 0.3 is 5.97 Å². The Morgan fingerprint density at radius 2 is 1.95 bits per heavy atom. The second-order valence-electron chi connectivity index (χ2n) is 4.51. The van der Waals surface area contributed by atoms with Gasteiger partial charge in [0.25, 0.3) is 0 Å². The third-order valence-electron chi connectivity index (χ3n) is 3.27. The Labute approximate surface area is 115 Å². The smallest absolute Gasteiger partial charge is 0.335 e. The van der Waals surface area contributed by atoms with Gasteiger partial charge in [-0.1, -0.05) is 18.2 Å². The number of hydrogen-bond donors (Lipinski definition) is 2. The lowest BCUT2D eigenvalue weighted by atomic mass is 9.97. The molecule has 0 aliphatic rings. The van der Waals surface area contributed by atoms with Crippen LogP contribution < -0.4 is 5.73 Å². The quantitative estimate of drug-likeness (QED) is 0.697. The lowest BCUT2D eigenvalue weighted by molar-refractivity contribution is 0.0697. The highest BCUT2D eigenvalue weighted by molar-refractivity contribution is 6.03. The van der Waals surface area contributed by atoms with Crippen LogP contribution in [0.1, 0.15) is 10.4 Å². The number of nitrogen functional groups attached to an aromatic ring is 1. The van der Waals surface area contributed by atoms with Crippen molar-refractivity contribution in [2.24, 2.45) is 0 Å². The molecule has 0 saturated heterocycles. The number of carbonyl (C=O) groups is 1. The normalized spacial score (nSPS) is 10.6. The van der Waals surface area contributed by atoms with Crippen LogP contribution in [0.4, 0.5) is 5.69 Å². The van der Waals surface area contributed by atoms with Crippen LogP contribution in [0.2, 0.25) is 0 Å². The number of nitrogens with two attached hydrogens (primary N) is 1. The van der Waals surface area contributed by atoms with E-state index in [-0.39, 0.29) is 5.56 Å². The number of carboxylic acids is 1. The summed E-state index contributed by atoms with van der Waals surface area (Å²) in [6, 6.07) is 12.5. The molecular formula is C16H12N2O2. The van der Waals surface area contributed by atoms with Crippen molar-refractivity contribution in [2.75, 3.05) is 5.73 Å². The molecule has 0 fully saturated rings. The third-order valence-corrected chi connectivity index (χ3v) is 3.27. The second-order valence-corrected chi connectivity index (χ2v) is 4.51. The molecule has 0 saturated carbocycles. The molecule has 0 aliphatic heterocycles. The Morgan fingerprint density at radius 3 is 2.75 bits per heavy atom. The molecule has 0 atom stereocenters. The van der Waals surface area contributed by atoms with Crippen LogP contribution in [0.15, 0.2) is 54.9 Å². The van der Waals surface area contributed by atoms with Gasteiger partial charge in [0.15, 0.2) is 0 Å². The Hall–Kier alpha value is -2.88. The number of benzene rings is 2. The predicted octanol–water partition coefficient (Wildman–Crippen LogP) is 3.18. The van der Waals surface area contributed by atoms with Gasteiger partial charge in [0.05, 0.1) is 5.56 Å². The maximum atomic E-state index is 11.1. The van der Waals surface area contributed by atoms with E-state index in [1.54, 1.807) is 30.6 Å². The van der Waals surface area contributed by atoms with E-state index in [9.17, 15) is 4.79 Å². The highest BCUT2D eigenvalue weighted by Crippen LogP contribution is 2.31. The second kappa shape index (κ2) is 4.66. The SMILES string of the molecule is Nc1ccc(-c2cccc(C(=O)O)c2)c2ccncc12. The van der Waals surface area contributed by atoms with E-state index in [4.69, 9.17) is 10.8 Å². The zero-order valence-corrected chi connectivity index (χ0v) is 10.6. The number of aromatic nitrogens is 1. The Bertz CT molecular complexity index is 812. The topological polar surface area (TPSA) is 76.2 Å². The van der Waals surface area contributed by atoms with E-state index < -0.39 is 5.97 Å². The van der Waals surface area contributed by atoms with Crippen LogP contribution >= 0.6 is 0 Å². The van der Waals surface area contributed by atoms with Crippen LogP contribution in [0, 0.1) is 0 Å². The molecule has 1 aromatic heterocycles. The van der Waals surface area contributed by atoms with Crippen LogP contribution in [0.3, 0.4) is 0 Å². The number of fused-ring (bicyclic) bond motifs is 1. The lowest BCUT2D eigenvalue weighted by Crippen LogP contribution is -1.96.